The number of halogens is 1. The van der Waals surface area contributed by atoms with E-state index in [4.69, 9.17) is 22.1 Å². The van der Waals surface area contributed by atoms with E-state index in [-0.39, 0.29) is 5.91 Å². The van der Waals surface area contributed by atoms with Gasteiger partial charge in [0.2, 0.25) is 5.91 Å². The molecule has 0 saturated carbocycles. The summed E-state index contributed by atoms with van der Waals surface area (Å²) in [4.78, 5) is 13.9. The number of nitrogens with zero attached hydrogens (tertiary/aromatic N) is 1. The van der Waals surface area contributed by atoms with Crippen molar-refractivity contribution in [2.24, 2.45) is 5.73 Å². The summed E-state index contributed by atoms with van der Waals surface area (Å²) in [5.41, 5.74) is 6.16. The number of rotatable bonds is 3. The second kappa shape index (κ2) is 5.26. The molecule has 1 unspecified atom stereocenters. The molecule has 0 aliphatic carbocycles. The molecule has 2 rings (SSSR count). The van der Waals surface area contributed by atoms with Crippen molar-refractivity contribution in [2.75, 3.05) is 20.3 Å². The lowest BCUT2D eigenvalue weighted by Crippen LogP contribution is -2.54. The van der Waals surface area contributed by atoms with Crippen LogP contribution in [0.25, 0.3) is 0 Å². The van der Waals surface area contributed by atoms with E-state index in [1.54, 1.807) is 11.9 Å². The Balaban J connectivity index is 2.03. The number of nitrogens with two attached hydrogens (primary N) is 1. The van der Waals surface area contributed by atoms with Crippen LogP contribution in [-0.4, -0.2) is 36.6 Å². The molecule has 1 amide bonds. The van der Waals surface area contributed by atoms with Crippen molar-refractivity contribution in [1.29, 1.82) is 0 Å². The number of benzene rings is 1. The van der Waals surface area contributed by atoms with Crippen molar-refractivity contribution in [2.45, 2.75) is 18.5 Å². The normalized spacial score (nSPS) is 23.1. The first kappa shape index (κ1) is 13.3. The van der Waals surface area contributed by atoms with Gasteiger partial charge >= 0.3 is 0 Å². The smallest absolute Gasteiger partial charge is 0.245 e. The zero-order valence-corrected chi connectivity index (χ0v) is 11.1. The molecule has 1 heterocycles. The lowest BCUT2D eigenvalue weighted by atomic mass is 9.98. The van der Waals surface area contributed by atoms with Gasteiger partial charge in [0.15, 0.2) is 0 Å². The van der Waals surface area contributed by atoms with Crippen LogP contribution in [0.15, 0.2) is 24.3 Å². The van der Waals surface area contributed by atoms with Crippen LogP contribution in [-0.2, 0) is 16.1 Å². The van der Waals surface area contributed by atoms with Gasteiger partial charge in [-0.3, -0.25) is 4.79 Å². The predicted octanol–water partition coefficient (Wildman–Crippen LogP) is 1.42. The molecule has 18 heavy (non-hydrogen) atoms. The number of likely N-dealkylation sites (N-methyl/N-ethyl adjacent to an activating group) is 1. The molecule has 1 aromatic rings. The van der Waals surface area contributed by atoms with Gasteiger partial charge in [-0.1, -0.05) is 23.7 Å². The fraction of sp³-hybridized carbons (Fsp3) is 0.462. The van der Waals surface area contributed by atoms with Crippen molar-refractivity contribution >= 4 is 17.5 Å². The standard InChI is InChI=1S/C13H17ClN2O2/c1-16(8-10-3-2-4-11(14)7-10)12(17)13(15)5-6-18-9-13/h2-4,7H,5-6,8-9,15H2,1H3. The summed E-state index contributed by atoms with van der Waals surface area (Å²) in [6.07, 6.45) is 0.575. The van der Waals surface area contributed by atoms with Crippen molar-refractivity contribution in [1.82, 2.24) is 4.90 Å². The molecule has 2 N–H and O–H groups in total. The van der Waals surface area contributed by atoms with Crippen molar-refractivity contribution in [3.8, 4) is 0 Å². The maximum Gasteiger partial charge on any atom is 0.245 e. The summed E-state index contributed by atoms with van der Waals surface area (Å²) in [5.74, 6) is -0.0834. The first-order valence-electron chi connectivity index (χ1n) is 5.88. The zero-order valence-electron chi connectivity index (χ0n) is 10.4. The van der Waals surface area contributed by atoms with E-state index in [1.165, 1.54) is 0 Å². The Morgan fingerprint density at radius 3 is 3.00 bits per heavy atom. The van der Waals surface area contributed by atoms with Crippen molar-refractivity contribution < 1.29 is 9.53 Å². The predicted molar refractivity (Wildman–Crippen MR) is 70.3 cm³/mol. The summed E-state index contributed by atoms with van der Waals surface area (Å²) >= 11 is 5.91. The van der Waals surface area contributed by atoms with Gasteiger partial charge in [0.05, 0.1) is 6.61 Å². The van der Waals surface area contributed by atoms with Crippen LogP contribution in [0.1, 0.15) is 12.0 Å². The fourth-order valence-corrected chi connectivity index (χ4v) is 2.32. The molecule has 1 atom stereocenters. The molecule has 4 nitrogen and oxygen atoms in total. The van der Waals surface area contributed by atoms with E-state index in [9.17, 15) is 4.79 Å². The van der Waals surface area contributed by atoms with Crippen molar-refractivity contribution in [3.05, 3.63) is 34.9 Å². The molecule has 0 aromatic heterocycles. The maximum atomic E-state index is 12.2. The highest BCUT2D eigenvalue weighted by molar-refractivity contribution is 6.30. The lowest BCUT2D eigenvalue weighted by molar-refractivity contribution is -0.136. The van der Waals surface area contributed by atoms with Crippen LogP contribution >= 0.6 is 11.6 Å². The minimum absolute atomic E-state index is 0.0834. The third-order valence-electron chi connectivity index (χ3n) is 3.13. The molecule has 0 spiro atoms. The molecule has 1 aliphatic heterocycles. The molecular weight excluding hydrogens is 252 g/mol. The molecule has 5 heteroatoms. The summed E-state index contributed by atoms with van der Waals surface area (Å²) in [6.45, 7) is 1.34. The average molecular weight is 269 g/mol. The van der Waals surface area contributed by atoms with Crippen molar-refractivity contribution in [3.63, 3.8) is 0 Å². The second-order valence-electron chi connectivity index (χ2n) is 4.75. The van der Waals surface area contributed by atoms with Crippen LogP contribution in [0.4, 0.5) is 0 Å². The number of hydrogen-bond acceptors (Lipinski definition) is 3. The van der Waals surface area contributed by atoms with E-state index in [2.05, 4.69) is 0 Å². The molecule has 1 saturated heterocycles. The van der Waals surface area contributed by atoms with Gasteiger partial charge in [0.25, 0.3) is 0 Å². The van der Waals surface area contributed by atoms with Gasteiger partial charge in [-0.05, 0) is 24.1 Å². The maximum absolute atomic E-state index is 12.2. The van der Waals surface area contributed by atoms with Gasteiger partial charge < -0.3 is 15.4 Å². The Kier molecular flexibility index (Phi) is 3.90. The fourth-order valence-electron chi connectivity index (χ4n) is 2.11. The van der Waals surface area contributed by atoms with E-state index < -0.39 is 5.54 Å². The summed E-state index contributed by atoms with van der Waals surface area (Å²) in [6, 6.07) is 7.46. The van der Waals surface area contributed by atoms with E-state index in [0.29, 0.717) is 31.2 Å². The Morgan fingerprint density at radius 2 is 2.39 bits per heavy atom. The third kappa shape index (κ3) is 2.83. The molecule has 0 radical (unpaired) electrons. The van der Waals surface area contributed by atoms with Gasteiger partial charge in [-0.25, -0.2) is 0 Å². The molecule has 1 fully saturated rings. The second-order valence-corrected chi connectivity index (χ2v) is 5.19. The number of carbonyl (C=O) groups is 1. The number of carbonyl (C=O) groups excluding carboxylic acids is 1. The summed E-state index contributed by atoms with van der Waals surface area (Å²) in [7, 11) is 1.75. The van der Waals surface area contributed by atoms with E-state index in [1.807, 2.05) is 24.3 Å². The molecule has 0 bridgehead atoms. The van der Waals surface area contributed by atoms with Gasteiger partial charge in [0.1, 0.15) is 5.54 Å². The van der Waals surface area contributed by atoms with E-state index in [0.717, 1.165) is 5.56 Å². The van der Waals surface area contributed by atoms with Crippen LogP contribution < -0.4 is 5.73 Å². The Morgan fingerprint density at radius 1 is 1.61 bits per heavy atom. The Hall–Kier alpha value is -1.10. The highest BCUT2D eigenvalue weighted by Crippen LogP contribution is 2.19. The SMILES string of the molecule is CN(Cc1cccc(Cl)c1)C(=O)C1(N)CCOC1. The Bertz CT molecular complexity index is 444. The summed E-state index contributed by atoms with van der Waals surface area (Å²) in [5, 5.41) is 0.667. The molecule has 1 aromatic carbocycles. The van der Waals surface area contributed by atoms with Gasteiger partial charge in [-0.2, -0.15) is 0 Å². The number of amides is 1. The largest absolute Gasteiger partial charge is 0.379 e. The minimum Gasteiger partial charge on any atom is -0.379 e. The first-order valence-corrected chi connectivity index (χ1v) is 6.26. The van der Waals surface area contributed by atoms with Crippen LogP contribution in [0.5, 0.6) is 0 Å². The molecule has 98 valence electrons. The minimum atomic E-state index is -0.868. The monoisotopic (exact) mass is 268 g/mol. The van der Waals surface area contributed by atoms with Crippen LogP contribution in [0.3, 0.4) is 0 Å². The van der Waals surface area contributed by atoms with Crippen LogP contribution in [0.2, 0.25) is 5.02 Å². The average Bonchev–Trinajstić information content (AvgIpc) is 2.76. The first-order chi connectivity index (χ1) is 8.51. The van der Waals surface area contributed by atoms with Gasteiger partial charge in [-0.15, -0.1) is 0 Å². The lowest BCUT2D eigenvalue weighted by Gasteiger charge is -2.27. The van der Waals surface area contributed by atoms with E-state index >= 15 is 0 Å². The summed E-state index contributed by atoms with van der Waals surface area (Å²) < 4.78 is 5.21. The Labute approximate surface area is 112 Å². The number of hydrogen-bond donors (Lipinski definition) is 1. The third-order valence-corrected chi connectivity index (χ3v) is 3.37. The highest BCUT2D eigenvalue weighted by Gasteiger charge is 2.40. The highest BCUT2D eigenvalue weighted by atomic mass is 35.5. The molecular formula is C13H17ClN2O2. The topological polar surface area (TPSA) is 55.6 Å². The molecule has 1 aliphatic rings. The quantitative estimate of drug-likeness (QED) is 0.902. The van der Waals surface area contributed by atoms with Gasteiger partial charge in [0, 0.05) is 25.2 Å². The zero-order chi connectivity index (χ0) is 13.2. The number of ether oxygens (including phenoxy) is 1. The van der Waals surface area contributed by atoms with Crippen LogP contribution in [0, 0.1) is 0 Å².